The topological polar surface area (TPSA) is 84.9 Å². The third kappa shape index (κ3) is 5.99. The summed E-state index contributed by atoms with van der Waals surface area (Å²) in [7, 11) is 1.52. The fourth-order valence-corrected chi connectivity index (χ4v) is 4.80. The zero-order chi connectivity index (χ0) is 23.1. The molecule has 1 aromatic carbocycles. The van der Waals surface area contributed by atoms with Crippen molar-refractivity contribution < 1.29 is 28.2 Å². The molecule has 176 valence electrons. The van der Waals surface area contributed by atoms with Crippen LogP contribution in [0.1, 0.15) is 63.9 Å². The first-order chi connectivity index (χ1) is 15.4. The molecule has 32 heavy (non-hydrogen) atoms. The van der Waals surface area contributed by atoms with Crippen molar-refractivity contribution in [1.29, 1.82) is 0 Å². The van der Waals surface area contributed by atoms with Gasteiger partial charge in [0.25, 0.3) is 0 Å². The maximum atomic E-state index is 14.5. The Hall–Kier alpha value is -2.64. The van der Waals surface area contributed by atoms with Gasteiger partial charge in [0.1, 0.15) is 11.6 Å². The quantitative estimate of drug-likeness (QED) is 0.587. The van der Waals surface area contributed by atoms with Crippen molar-refractivity contribution in [2.75, 3.05) is 20.3 Å². The van der Waals surface area contributed by atoms with E-state index in [1.165, 1.54) is 13.2 Å². The highest BCUT2D eigenvalue weighted by atomic mass is 19.1. The minimum Gasteiger partial charge on any atom is -0.497 e. The second kappa shape index (κ2) is 10.8. The first-order valence-corrected chi connectivity index (χ1v) is 11.4. The molecule has 2 aliphatic rings. The Kier molecular flexibility index (Phi) is 8.10. The number of hydrogen-bond acceptors (Lipinski definition) is 5. The Balaban J connectivity index is 1.69. The number of esters is 1. The third-order valence-electron chi connectivity index (χ3n) is 6.49. The van der Waals surface area contributed by atoms with E-state index in [9.17, 15) is 18.8 Å². The zero-order valence-electron chi connectivity index (χ0n) is 19.0. The number of methoxy groups -OCH3 is 1. The highest BCUT2D eigenvalue weighted by molar-refractivity contribution is 5.81. The maximum absolute atomic E-state index is 14.5. The van der Waals surface area contributed by atoms with Crippen molar-refractivity contribution in [3.8, 4) is 5.75 Å². The second-order valence-corrected chi connectivity index (χ2v) is 8.71. The summed E-state index contributed by atoms with van der Waals surface area (Å²) in [6, 6.07) is 4.41. The van der Waals surface area contributed by atoms with Crippen LogP contribution in [-0.2, 0) is 25.5 Å². The number of hydrogen-bond donors (Lipinski definition) is 1. The average molecular weight is 449 g/mol. The number of carbonyl (C=O) groups excluding carboxylic acids is 3. The van der Waals surface area contributed by atoms with E-state index in [1.807, 2.05) is 0 Å². The number of ether oxygens (including phenoxy) is 2. The molecular weight excluding hydrogens is 415 g/mol. The maximum Gasteiger partial charge on any atom is 0.307 e. The summed E-state index contributed by atoms with van der Waals surface area (Å²) in [5.41, 5.74) is -0.219. The Morgan fingerprint density at radius 3 is 2.81 bits per heavy atom. The number of halogens is 1. The molecule has 1 aromatic rings. The van der Waals surface area contributed by atoms with E-state index >= 15 is 0 Å². The van der Waals surface area contributed by atoms with Crippen molar-refractivity contribution in [2.45, 2.75) is 76.3 Å². The van der Waals surface area contributed by atoms with Crippen LogP contribution in [0.15, 0.2) is 18.2 Å². The minimum atomic E-state index is -0.674. The van der Waals surface area contributed by atoms with Crippen LogP contribution in [-0.4, -0.2) is 54.5 Å². The van der Waals surface area contributed by atoms with E-state index in [0.29, 0.717) is 50.1 Å². The number of rotatable bonds is 9. The SMILES string of the molecule is CCOC(=O)CC1CCCCN1C(=O)CCC1(Cc2cc(OC)ccc2F)CCC(=O)N1. The Labute approximate surface area is 188 Å². The van der Waals surface area contributed by atoms with Crippen molar-refractivity contribution >= 4 is 17.8 Å². The van der Waals surface area contributed by atoms with Crippen molar-refractivity contribution in [3.63, 3.8) is 0 Å². The van der Waals surface area contributed by atoms with E-state index in [-0.39, 0.29) is 42.5 Å². The van der Waals surface area contributed by atoms with Crippen LogP contribution in [0.4, 0.5) is 4.39 Å². The summed E-state index contributed by atoms with van der Waals surface area (Å²) in [5.74, 6) is -0.218. The monoisotopic (exact) mass is 448 g/mol. The molecule has 0 aromatic heterocycles. The van der Waals surface area contributed by atoms with Gasteiger partial charge in [0, 0.05) is 31.0 Å². The lowest BCUT2D eigenvalue weighted by Crippen LogP contribution is -2.48. The largest absolute Gasteiger partial charge is 0.497 e. The molecule has 0 spiro atoms. The average Bonchev–Trinajstić information content (AvgIpc) is 3.14. The highest BCUT2D eigenvalue weighted by Crippen LogP contribution is 2.32. The van der Waals surface area contributed by atoms with Crippen molar-refractivity contribution in [3.05, 3.63) is 29.6 Å². The van der Waals surface area contributed by atoms with Gasteiger partial charge in [0.2, 0.25) is 11.8 Å². The highest BCUT2D eigenvalue weighted by Gasteiger charge is 2.39. The van der Waals surface area contributed by atoms with E-state index in [4.69, 9.17) is 9.47 Å². The van der Waals surface area contributed by atoms with Gasteiger partial charge in [-0.3, -0.25) is 14.4 Å². The van der Waals surface area contributed by atoms with Crippen LogP contribution in [0.5, 0.6) is 5.75 Å². The number of amides is 2. The van der Waals surface area contributed by atoms with Gasteiger partial charge >= 0.3 is 5.97 Å². The fraction of sp³-hybridized carbons (Fsp3) is 0.625. The molecular formula is C24H33FN2O5. The van der Waals surface area contributed by atoms with Crippen LogP contribution >= 0.6 is 0 Å². The molecule has 2 atom stereocenters. The van der Waals surface area contributed by atoms with Gasteiger partial charge < -0.3 is 19.7 Å². The minimum absolute atomic E-state index is 0.0364. The summed E-state index contributed by atoms with van der Waals surface area (Å²) in [5, 5.41) is 3.01. The number of carbonyl (C=O) groups is 3. The van der Waals surface area contributed by atoms with Crippen LogP contribution in [0.3, 0.4) is 0 Å². The molecule has 0 bridgehead atoms. The first kappa shape index (κ1) is 24.0. The number of piperidine rings is 1. The molecule has 2 saturated heterocycles. The van der Waals surface area contributed by atoms with Gasteiger partial charge in [-0.15, -0.1) is 0 Å². The molecule has 2 fully saturated rings. The molecule has 3 rings (SSSR count). The molecule has 1 N–H and O–H groups in total. The molecule has 2 amide bonds. The van der Waals surface area contributed by atoms with Crippen molar-refractivity contribution in [1.82, 2.24) is 10.2 Å². The summed E-state index contributed by atoms with van der Waals surface area (Å²) >= 11 is 0. The molecule has 2 heterocycles. The van der Waals surface area contributed by atoms with Gasteiger partial charge in [-0.1, -0.05) is 0 Å². The molecule has 0 aliphatic carbocycles. The first-order valence-electron chi connectivity index (χ1n) is 11.4. The van der Waals surface area contributed by atoms with E-state index < -0.39 is 5.54 Å². The van der Waals surface area contributed by atoms with Crippen LogP contribution in [0.2, 0.25) is 0 Å². The summed E-state index contributed by atoms with van der Waals surface area (Å²) in [6.45, 7) is 2.71. The number of likely N-dealkylation sites (tertiary alicyclic amines) is 1. The lowest BCUT2D eigenvalue weighted by molar-refractivity contribution is -0.146. The molecule has 2 aliphatic heterocycles. The Morgan fingerprint density at radius 1 is 1.31 bits per heavy atom. The number of benzene rings is 1. The molecule has 8 heteroatoms. The van der Waals surface area contributed by atoms with Crippen LogP contribution in [0.25, 0.3) is 0 Å². The van der Waals surface area contributed by atoms with E-state index in [2.05, 4.69) is 5.32 Å². The Bertz CT molecular complexity index is 846. The van der Waals surface area contributed by atoms with Crippen LogP contribution in [0, 0.1) is 5.82 Å². The molecule has 0 radical (unpaired) electrons. The summed E-state index contributed by atoms with van der Waals surface area (Å²) < 4.78 is 24.7. The molecule has 2 unspecified atom stereocenters. The zero-order valence-corrected chi connectivity index (χ0v) is 19.0. The van der Waals surface area contributed by atoms with Gasteiger partial charge in [0.05, 0.1) is 20.1 Å². The van der Waals surface area contributed by atoms with Gasteiger partial charge in [-0.05, 0) is 69.2 Å². The predicted octanol–water partition coefficient (Wildman–Crippen LogP) is 3.14. The van der Waals surface area contributed by atoms with Gasteiger partial charge in [-0.2, -0.15) is 0 Å². The summed E-state index contributed by atoms with van der Waals surface area (Å²) in [6.07, 6.45) is 4.70. The van der Waals surface area contributed by atoms with Crippen molar-refractivity contribution in [2.24, 2.45) is 0 Å². The van der Waals surface area contributed by atoms with Gasteiger partial charge in [-0.25, -0.2) is 4.39 Å². The predicted molar refractivity (Wildman–Crippen MR) is 117 cm³/mol. The van der Waals surface area contributed by atoms with E-state index in [0.717, 1.165) is 19.3 Å². The lowest BCUT2D eigenvalue weighted by atomic mass is 9.84. The molecule has 0 saturated carbocycles. The standard InChI is InChI=1S/C24H33FN2O5/c1-3-32-23(30)15-18-6-4-5-13-27(18)22(29)10-12-24(11-9-21(28)26-24)16-17-14-19(31-2)7-8-20(17)25/h7-8,14,18H,3-6,9-13,15-16H2,1-2H3,(H,26,28). The number of nitrogens with one attached hydrogen (secondary N) is 1. The van der Waals surface area contributed by atoms with Crippen LogP contribution < -0.4 is 10.1 Å². The third-order valence-corrected chi connectivity index (χ3v) is 6.49. The van der Waals surface area contributed by atoms with E-state index in [1.54, 1.807) is 24.0 Å². The fourth-order valence-electron chi connectivity index (χ4n) is 4.80. The van der Waals surface area contributed by atoms with Gasteiger partial charge in [0.15, 0.2) is 0 Å². The number of nitrogens with zero attached hydrogens (tertiary/aromatic N) is 1. The normalized spacial score (nSPS) is 23.0. The molecule has 7 nitrogen and oxygen atoms in total. The Morgan fingerprint density at radius 2 is 2.12 bits per heavy atom. The summed E-state index contributed by atoms with van der Waals surface area (Å²) in [4.78, 5) is 38.9. The second-order valence-electron chi connectivity index (χ2n) is 8.71. The lowest BCUT2D eigenvalue weighted by Gasteiger charge is -2.36. The smallest absolute Gasteiger partial charge is 0.307 e.